The smallest absolute Gasteiger partial charge is 0.259 e. The molecule has 0 spiro atoms. The molecule has 4 aromatic rings. The summed E-state index contributed by atoms with van der Waals surface area (Å²) in [5.41, 5.74) is 4.85. The fraction of sp³-hybridized carbons (Fsp3) is 0.0417. The average Bonchev–Trinajstić information content (AvgIpc) is 3.17. The Morgan fingerprint density at radius 3 is 2.48 bits per heavy atom. The van der Waals surface area contributed by atoms with Gasteiger partial charge in [-0.3, -0.25) is 9.69 Å². The van der Waals surface area contributed by atoms with Crippen molar-refractivity contribution in [3.8, 4) is 0 Å². The van der Waals surface area contributed by atoms with E-state index in [1.165, 1.54) is 0 Å². The lowest BCUT2D eigenvalue weighted by Crippen LogP contribution is -2.36. The second kappa shape index (κ2) is 6.29. The largest absolute Gasteiger partial charge is 0.361 e. The summed E-state index contributed by atoms with van der Waals surface area (Å²) in [6.07, 6.45) is 6.23. The van der Waals surface area contributed by atoms with E-state index in [-0.39, 0.29) is 11.9 Å². The molecule has 0 fully saturated rings. The summed E-state index contributed by atoms with van der Waals surface area (Å²) in [7, 11) is 0. The first-order chi connectivity index (χ1) is 13.3. The lowest BCUT2D eigenvalue weighted by Gasteiger charge is -2.34. The van der Waals surface area contributed by atoms with Gasteiger partial charge in [0.05, 0.1) is 11.7 Å². The SMILES string of the molecule is O=C(c1ccccc1)N1c2ccccc2C=C[C@H]1c1c[nH]c2ccccc12. The maximum atomic E-state index is 13.5. The molecule has 1 aliphatic heterocycles. The standard InChI is InChI=1S/C24H18N2O/c27-24(18-9-2-1-3-10-18)26-22-13-7-4-8-17(22)14-15-23(26)20-16-25-21-12-6-5-11-19(20)21/h1-16,23,25H/t23-/m0/s1. The van der Waals surface area contributed by atoms with Gasteiger partial charge in [0.15, 0.2) is 0 Å². The van der Waals surface area contributed by atoms with E-state index in [9.17, 15) is 4.79 Å². The number of benzene rings is 3. The van der Waals surface area contributed by atoms with Crippen molar-refractivity contribution >= 4 is 28.6 Å². The van der Waals surface area contributed by atoms with Crippen molar-refractivity contribution in [3.05, 3.63) is 108 Å². The van der Waals surface area contributed by atoms with Crippen LogP contribution in [0.5, 0.6) is 0 Å². The monoisotopic (exact) mass is 350 g/mol. The minimum atomic E-state index is -0.163. The van der Waals surface area contributed by atoms with Crippen LogP contribution in [-0.2, 0) is 0 Å². The lowest BCUT2D eigenvalue weighted by molar-refractivity contribution is 0.0980. The summed E-state index contributed by atoms with van der Waals surface area (Å²) >= 11 is 0. The van der Waals surface area contributed by atoms with Crippen molar-refractivity contribution < 1.29 is 4.79 Å². The van der Waals surface area contributed by atoms with E-state index in [1.807, 2.05) is 77.8 Å². The number of hydrogen-bond acceptors (Lipinski definition) is 1. The Morgan fingerprint density at radius 2 is 1.59 bits per heavy atom. The van der Waals surface area contributed by atoms with Gasteiger partial charge in [0, 0.05) is 28.2 Å². The average molecular weight is 350 g/mol. The predicted molar refractivity (Wildman–Crippen MR) is 110 cm³/mol. The van der Waals surface area contributed by atoms with Gasteiger partial charge >= 0.3 is 0 Å². The van der Waals surface area contributed by atoms with Crippen LogP contribution in [0.2, 0.25) is 0 Å². The number of carbonyl (C=O) groups is 1. The molecule has 5 rings (SSSR count). The molecule has 1 amide bonds. The van der Waals surface area contributed by atoms with E-state index >= 15 is 0 Å². The first-order valence-electron chi connectivity index (χ1n) is 9.05. The van der Waals surface area contributed by atoms with E-state index < -0.39 is 0 Å². The minimum Gasteiger partial charge on any atom is -0.361 e. The van der Waals surface area contributed by atoms with Crippen molar-refractivity contribution in [2.45, 2.75) is 6.04 Å². The van der Waals surface area contributed by atoms with E-state index in [1.54, 1.807) is 0 Å². The third kappa shape index (κ3) is 2.56. The molecular weight excluding hydrogens is 332 g/mol. The number of para-hydroxylation sites is 2. The Hall–Kier alpha value is -3.59. The third-order valence-corrected chi connectivity index (χ3v) is 5.11. The summed E-state index contributed by atoms with van der Waals surface area (Å²) in [5, 5.41) is 1.14. The van der Waals surface area contributed by atoms with Crippen LogP contribution in [0, 0.1) is 0 Å². The zero-order valence-corrected chi connectivity index (χ0v) is 14.7. The van der Waals surface area contributed by atoms with Crippen LogP contribution >= 0.6 is 0 Å². The van der Waals surface area contributed by atoms with E-state index in [4.69, 9.17) is 0 Å². The number of fused-ring (bicyclic) bond motifs is 2. The van der Waals surface area contributed by atoms with Gasteiger partial charge in [-0.05, 0) is 29.8 Å². The van der Waals surface area contributed by atoms with Crippen molar-refractivity contribution in [1.29, 1.82) is 0 Å². The maximum absolute atomic E-state index is 13.5. The van der Waals surface area contributed by atoms with Crippen LogP contribution in [0.3, 0.4) is 0 Å². The highest BCUT2D eigenvalue weighted by Crippen LogP contribution is 2.39. The normalized spacial score (nSPS) is 15.7. The molecule has 130 valence electrons. The van der Waals surface area contributed by atoms with Gasteiger partial charge in [-0.2, -0.15) is 0 Å². The molecule has 2 heterocycles. The van der Waals surface area contributed by atoms with E-state index in [0.29, 0.717) is 5.56 Å². The molecule has 1 aliphatic rings. The highest BCUT2D eigenvalue weighted by molar-refractivity contribution is 6.09. The number of hydrogen-bond donors (Lipinski definition) is 1. The highest BCUT2D eigenvalue weighted by Gasteiger charge is 2.31. The number of aromatic amines is 1. The molecule has 1 atom stereocenters. The number of anilines is 1. The van der Waals surface area contributed by atoms with Crippen molar-refractivity contribution in [1.82, 2.24) is 4.98 Å². The summed E-state index contributed by atoms with van der Waals surface area (Å²) < 4.78 is 0. The molecule has 3 nitrogen and oxygen atoms in total. The van der Waals surface area contributed by atoms with Gasteiger partial charge in [0.25, 0.3) is 5.91 Å². The molecule has 3 aromatic carbocycles. The molecule has 3 heteroatoms. The Bertz CT molecular complexity index is 1160. The van der Waals surface area contributed by atoms with Crippen LogP contribution in [0.15, 0.2) is 91.1 Å². The third-order valence-electron chi connectivity index (χ3n) is 5.11. The molecule has 0 bridgehead atoms. The second-order valence-electron chi connectivity index (χ2n) is 6.69. The summed E-state index contributed by atoms with van der Waals surface area (Å²) in [5.74, 6) is 0.00248. The fourth-order valence-electron chi connectivity index (χ4n) is 3.82. The molecule has 0 saturated heterocycles. The number of rotatable bonds is 2. The van der Waals surface area contributed by atoms with Crippen molar-refractivity contribution in [3.63, 3.8) is 0 Å². The lowest BCUT2D eigenvalue weighted by atomic mass is 9.96. The summed E-state index contributed by atoms with van der Waals surface area (Å²) in [6.45, 7) is 0. The number of aromatic nitrogens is 1. The highest BCUT2D eigenvalue weighted by atomic mass is 16.2. The van der Waals surface area contributed by atoms with E-state index in [0.717, 1.165) is 27.7 Å². The van der Waals surface area contributed by atoms with Gasteiger partial charge in [0.2, 0.25) is 0 Å². The molecule has 0 saturated carbocycles. The minimum absolute atomic E-state index is 0.00248. The van der Waals surface area contributed by atoms with Crippen molar-refractivity contribution in [2.24, 2.45) is 0 Å². The number of carbonyl (C=O) groups excluding carboxylic acids is 1. The number of nitrogens with one attached hydrogen (secondary N) is 1. The van der Waals surface area contributed by atoms with Gasteiger partial charge in [-0.15, -0.1) is 0 Å². The summed E-state index contributed by atoms with van der Waals surface area (Å²) in [6, 6.07) is 25.6. The first-order valence-corrected chi connectivity index (χ1v) is 9.05. The van der Waals surface area contributed by atoms with Crippen LogP contribution < -0.4 is 4.90 Å². The second-order valence-corrected chi connectivity index (χ2v) is 6.69. The zero-order valence-electron chi connectivity index (χ0n) is 14.7. The maximum Gasteiger partial charge on any atom is 0.259 e. The zero-order chi connectivity index (χ0) is 18.2. The molecular formula is C24H18N2O. The molecule has 1 N–H and O–H groups in total. The Labute approximate surface area is 157 Å². The van der Waals surface area contributed by atoms with Crippen LogP contribution in [0.1, 0.15) is 27.5 Å². The van der Waals surface area contributed by atoms with Crippen LogP contribution in [0.25, 0.3) is 17.0 Å². The molecule has 0 unspecified atom stereocenters. The number of nitrogens with zero attached hydrogens (tertiary/aromatic N) is 1. The van der Waals surface area contributed by atoms with Gasteiger partial charge in [-0.1, -0.05) is 66.7 Å². The van der Waals surface area contributed by atoms with Gasteiger partial charge < -0.3 is 4.98 Å². The Morgan fingerprint density at radius 1 is 0.852 bits per heavy atom. The molecule has 1 aromatic heterocycles. The Kier molecular flexibility index (Phi) is 3.65. The molecule has 27 heavy (non-hydrogen) atoms. The van der Waals surface area contributed by atoms with E-state index in [2.05, 4.69) is 29.3 Å². The molecule has 0 aliphatic carbocycles. The van der Waals surface area contributed by atoms with Gasteiger partial charge in [-0.25, -0.2) is 0 Å². The van der Waals surface area contributed by atoms with Gasteiger partial charge in [0.1, 0.15) is 0 Å². The fourth-order valence-corrected chi connectivity index (χ4v) is 3.82. The first kappa shape index (κ1) is 15.6. The summed E-state index contributed by atoms with van der Waals surface area (Å²) in [4.78, 5) is 18.7. The quantitative estimate of drug-likeness (QED) is 0.503. The van der Waals surface area contributed by atoms with Crippen LogP contribution in [0.4, 0.5) is 5.69 Å². The number of amides is 1. The molecule has 0 radical (unpaired) electrons. The van der Waals surface area contributed by atoms with Crippen LogP contribution in [-0.4, -0.2) is 10.9 Å². The number of H-pyrrole nitrogens is 1. The predicted octanol–water partition coefficient (Wildman–Crippen LogP) is 5.58. The Balaban J connectivity index is 1.69. The topological polar surface area (TPSA) is 36.1 Å². The van der Waals surface area contributed by atoms with Crippen molar-refractivity contribution in [2.75, 3.05) is 4.90 Å².